The second-order valence-electron chi connectivity index (χ2n) is 2.64. The van der Waals surface area contributed by atoms with Gasteiger partial charge in [0.05, 0.1) is 7.11 Å². The molecule has 59 valence electrons. The zero-order valence-corrected chi connectivity index (χ0v) is 6.87. The minimum Gasteiger partial charge on any atom is -0.497 e. The molecule has 12 heavy (non-hydrogen) atoms. The molecule has 0 heterocycles. The quantitative estimate of drug-likeness (QED) is 0.618. The van der Waals surface area contributed by atoms with Gasteiger partial charge in [-0.2, -0.15) is 0 Å². The summed E-state index contributed by atoms with van der Waals surface area (Å²) in [6.45, 7) is 0. The molecule has 0 N–H and O–H groups in total. The first-order chi connectivity index (χ1) is 5.90. The van der Waals surface area contributed by atoms with E-state index in [-0.39, 0.29) is 0 Å². The largest absolute Gasteiger partial charge is 0.497 e. The smallest absolute Gasteiger partial charge is 0.119 e. The number of hydrogen-bond donors (Lipinski definition) is 0. The van der Waals surface area contributed by atoms with Crippen LogP contribution >= 0.6 is 0 Å². The minimum atomic E-state index is 0.891. The molecule has 1 heteroatoms. The number of benzene rings is 2. The Morgan fingerprint density at radius 1 is 1.17 bits per heavy atom. The maximum absolute atomic E-state index is 5.11. The first kappa shape index (κ1) is 7.17. The first-order valence-corrected chi connectivity index (χ1v) is 3.84. The molecule has 0 aliphatic rings. The van der Waals surface area contributed by atoms with Crippen LogP contribution in [0, 0.1) is 6.07 Å². The molecule has 0 aromatic heterocycles. The van der Waals surface area contributed by atoms with Crippen molar-refractivity contribution in [3.05, 3.63) is 42.5 Å². The Balaban J connectivity index is 2.67. The summed E-state index contributed by atoms with van der Waals surface area (Å²) in [5.74, 6) is 0.891. The van der Waals surface area contributed by atoms with E-state index in [4.69, 9.17) is 4.74 Å². The van der Waals surface area contributed by atoms with Gasteiger partial charge in [-0.15, -0.1) is 0 Å². The Bertz CT molecular complexity index is 393. The summed E-state index contributed by atoms with van der Waals surface area (Å²) >= 11 is 0. The van der Waals surface area contributed by atoms with Crippen molar-refractivity contribution in [2.75, 3.05) is 7.11 Å². The molecule has 0 bridgehead atoms. The van der Waals surface area contributed by atoms with Crippen molar-refractivity contribution in [3.8, 4) is 5.75 Å². The van der Waals surface area contributed by atoms with Gasteiger partial charge in [0.25, 0.3) is 0 Å². The first-order valence-electron chi connectivity index (χ1n) is 3.84. The lowest BCUT2D eigenvalue weighted by Crippen LogP contribution is -1.81. The predicted molar refractivity (Wildman–Crippen MR) is 49.3 cm³/mol. The lowest BCUT2D eigenvalue weighted by molar-refractivity contribution is 0.415. The molecule has 0 aliphatic heterocycles. The fraction of sp³-hybridized carbons (Fsp3) is 0.0909. The van der Waals surface area contributed by atoms with E-state index in [1.807, 2.05) is 36.4 Å². The van der Waals surface area contributed by atoms with E-state index in [0.717, 1.165) is 11.1 Å². The lowest BCUT2D eigenvalue weighted by Gasteiger charge is -2.00. The molecule has 0 saturated heterocycles. The van der Waals surface area contributed by atoms with Crippen LogP contribution in [0.3, 0.4) is 0 Å². The summed E-state index contributed by atoms with van der Waals surface area (Å²) in [5, 5.41) is 2.38. The van der Waals surface area contributed by atoms with Gasteiger partial charge in [-0.25, -0.2) is 0 Å². The summed E-state index contributed by atoms with van der Waals surface area (Å²) in [4.78, 5) is 0. The third-order valence-electron chi connectivity index (χ3n) is 1.89. The third kappa shape index (κ3) is 1.14. The predicted octanol–water partition coefficient (Wildman–Crippen LogP) is 2.65. The molecular formula is C11H9O. The van der Waals surface area contributed by atoms with Crippen molar-refractivity contribution in [2.24, 2.45) is 0 Å². The fourth-order valence-electron chi connectivity index (χ4n) is 1.23. The Hall–Kier alpha value is -1.50. The molecule has 2 aromatic carbocycles. The molecule has 1 nitrogen and oxygen atoms in total. The van der Waals surface area contributed by atoms with Gasteiger partial charge in [-0.1, -0.05) is 18.2 Å². The maximum Gasteiger partial charge on any atom is 0.119 e. The number of methoxy groups -OCH3 is 1. The van der Waals surface area contributed by atoms with Gasteiger partial charge in [0, 0.05) is 0 Å². The van der Waals surface area contributed by atoms with E-state index in [0.29, 0.717) is 0 Å². The Morgan fingerprint density at radius 3 is 2.92 bits per heavy atom. The SMILES string of the molecule is COc1ccc2cc[c]cc2c1. The molecule has 0 atom stereocenters. The van der Waals surface area contributed by atoms with Gasteiger partial charge >= 0.3 is 0 Å². The summed E-state index contributed by atoms with van der Waals surface area (Å²) in [6, 6.07) is 14.9. The zero-order valence-electron chi connectivity index (χ0n) is 6.87. The molecule has 0 unspecified atom stereocenters. The van der Waals surface area contributed by atoms with E-state index in [1.54, 1.807) is 7.11 Å². The maximum atomic E-state index is 5.11. The van der Waals surface area contributed by atoms with Crippen LogP contribution in [0.5, 0.6) is 5.75 Å². The number of hydrogen-bond acceptors (Lipinski definition) is 1. The number of rotatable bonds is 1. The minimum absolute atomic E-state index is 0.891. The van der Waals surface area contributed by atoms with Crippen LogP contribution in [0.15, 0.2) is 36.4 Å². The molecule has 0 amide bonds. The Labute approximate surface area is 71.6 Å². The number of ether oxygens (including phenoxy) is 1. The molecule has 0 spiro atoms. The normalized spacial score (nSPS) is 10.1. The summed E-state index contributed by atoms with van der Waals surface area (Å²) in [6.07, 6.45) is 0. The standard InChI is InChI=1S/C11H9O/c1-12-11-7-6-9-4-2-3-5-10(9)8-11/h2,4-8H,1H3. The molecule has 1 radical (unpaired) electrons. The van der Waals surface area contributed by atoms with Crippen molar-refractivity contribution < 1.29 is 4.74 Å². The Kier molecular flexibility index (Phi) is 1.71. The van der Waals surface area contributed by atoms with Crippen LogP contribution in [0.4, 0.5) is 0 Å². The molecule has 0 fully saturated rings. The molecule has 2 aromatic rings. The van der Waals surface area contributed by atoms with E-state index < -0.39 is 0 Å². The van der Waals surface area contributed by atoms with Crippen LogP contribution in [0.1, 0.15) is 0 Å². The van der Waals surface area contributed by atoms with Crippen LogP contribution < -0.4 is 4.74 Å². The van der Waals surface area contributed by atoms with E-state index in [2.05, 4.69) is 6.07 Å². The van der Waals surface area contributed by atoms with Gasteiger partial charge in [-0.3, -0.25) is 0 Å². The topological polar surface area (TPSA) is 9.23 Å². The van der Waals surface area contributed by atoms with Crippen molar-refractivity contribution in [1.29, 1.82) is 0 Å². The highest BCUT2D eigenvalue weighted by Gasteiger charge is 1.93. The number of fused-ring (bicyclic) bond motifs is 1. The molecular weight excluding hydrogens is 148 g/mol. The second-order valence-corrected chi connectivity index (χ2v) is 2.64. The van der Waals surface area contributed by atoms with Gasteiger partial charge in [0.15, 0.2) is 0 Å². The van der Waals surface area contributed by atoms with E-state index >= 15 is 0 Å². The van der Waals surface area contributed by atoms with E-state index in [1.165, 1.54) is 5.39 Å². The summed E-state index contributed by atoms with van der Waals surface area (Å²) in [7, 11) is 1.67. The second kappa shape index (κ2) is 2.86. The average molecular weight is 157 g/mol. The van der Waals surface area contributed by atoms with Crippen LogP contribution in [0.2, 0.25) is 0 Å². The summed E-state index contributed by atoms with van der Waals surface area (Å²) in [5.41, 5.74) is 0. The van der Waals surface area contributed by atoms with Crippen molar-refractivity contribution >= 4 is 10.8 Å². The lowest BCUT2D eigenvalue weighted by atomic mass is 10.1. The highest BCUT2D eigenvalue weighted by Crippen LogP contribution is 2.19. The monoisotopic (exact) mass is 157 g/mol. The van der Waals surface area contributed by atoms with Crippen molar-refractivity contribution in [1.82, 2.24) is 0 Å². The molecule has 2 rings (SSSR count). The van der Waals surface area contributed by atoms with Crippen LogP contribution in [0.25, 0.3) is 10.8 Å². The van der Waals surface area contributed by atoms with Gasteiger partial charge in [0.1, 0.15) is 5.75 Å². The molecule has 0 saturated carbocycles. The molecule has 0 aliphatic carbocycles. The van der Waals surface area contributed by atoms with Crippen molar-refractivity contribution in [3.63, 3.8) is 0 Å². The summed E-state index contributed by atoms with van der Waals surface area (Å²) < 4.78 is 5.11. The van der Waals surface area contributed by atoms with Crippen LogP contribution in [-0.2, 0) is 0 Å². The van der Waals surface area contributed by atoms with Crippen LogP contribution in [-0.4, -0.2) is 7.11 Å². The zero-order chi connectivity index (χ0) is 8.39. The highest BCUT2D eigenvalue weighted by molar-refractivity contribution is 5.83. The Morgan fingerprint density at radius 2 is 2.08 bits per heavy atom. The van der Waals surface area contributed by atoms with Crippen molar-refractivity contribution in [2.45, 2.75) is 0 Å². The van der Waals surface area contributed by atoms with E-state index in [9.17, 15) is 0 Å². The highest BCUT2D eigenvalue weighted by atomic mass is 16.5. The third-order valence-corrected chi connectivity index (χ3v) is 1.89. The van der Waals surface area contributed by atoms with Gasteiger partial charge < -0.3 is 4.74 Å². The van der Waals surface area contributed by atoms with Gasteiger partial charge in [-0.05, 0) is 35.0 Å². The average Bonchev–Trinajstić information content (AvgIpc) is 2.17. The van der Waals surface area contributed by atoms with Gasteiger partial charge in [0.2, 0.25) is 0 Å². The fourth-order valence-corrected chi connectivity index (χ4v) is 1.23.